The first-order valence-corrected chi connectivity index (χ1v) is 18.5. The zero-order chi connectivity index (χ0) is 34.6. The highest BCUT2D eigenvalue weighted by atomic mass is 32.1. The summed E-state index contributed by atoms with van der Waals surface area (Å²) in [5, 5.41) is 3.95. The Morgan fingerprint density at radius 3 is 1.26 bits per heavy atom. The molecular formula is C42H24F6SSi. The Kier molecular flexibility index (Phi) is 7.93. The highest BCUT2D eigenvalue weighted by Crippen LogP contribution is 2.36. The van der Waals surface area contributed by atoms with Crippen LogP contribution in [0.15, 0.2) is 146 Å². The van der Waals surface area contributed by atoms with E-state index >= 15 is 17.6 Å². The van der Waals surface area contributed by atoms with Gasteiger partial charge in [0.05, 0.1) is 0 Å². The third kappa shape index (κ3) is 5.60. The average Bonchev–Trinajstić information content (AvgIpc) is 3.46. The van der Waals surface area contributed by atoms with E-state index < -0.39 is 43.0 Å². The van der Waals surface area contributed by atoms with Crippen molar-refractivity contribution in [3.05, 3.63) is 180 Å². The van der Waals surface area contributed by atoms with Crippen LogP contribution in [0.5, 0.6) is 0 Å². The van der Waals surface area contributed by atoms with Crippen LogP contribution in [0, 0.1) is 34.9 Å². The van der Waals surface area contributed by atoms with Gasteiger partial charge in [-0.2, -0.15) is 0 Å². The van der Waals surface area contributed by atoms with Crippen LogP contribution in [-0.2, 0) is 0 Å². The maximum Gasteiger partial charge on any atom is 0.180 e. The minimum Gasteiger partial charge on any atom is -0.207 e. The normalized spacial score (nSPS) is 11.8. The van der Waals surface area contributed by atoms with E-state index in [9.17, 15) is 8.78 Å². The van der Waals surface area contributed by atoms with Gasteiger partial charge in [-0.3, -0.25) is 0 Å². The van der Waals surface area contributed by atoms with Crippen molar-refractivity contribution in [2.45, 2.75) is 0 Å². The molecule has 0 fully saturated rings. The lowest BCUT2D eigenvalue weighted by atomic mass is 10.0. The van der Waals surface area contributed by atoms with Crippen molar-refractivity contribution in [2.24, 2.45) is 0 Å². The van der Waals surface area contributed by atoms with Gasteiger partial charge in [0.1, 0.15) is 34.9 Å². The van der Waals surface area contributed by atoms with Gasteiger partial charge in [-0.1, -0.05) is 78.9 Å². The Labute approximate surface area is 288 Å². The number of benzene rings is 7. The van der Waals surface area contributed by atoms with Crippen LogP contribution in [0.4, 0.5) is 26.3 Å². The highest BCUT2D eigenvalue weighted by molar-refractivity contribution is 7.25. The van der Waals surface area contributed by atoms with Gasteiger partial charge < -0.3 is 0 Å². The molecule has 0 N–H and O–H groups in total. The number of thiophene rings is 1. The van der Waals surface area contributed by atoms with Crippen LogP contribution >= 0.6 is 11.3 Å². The van der Waals surface area contributed by atoms with Crippen LogP contribution in [0.3, 0.4) is 0 Å². The van der Waals surface area contributed by atoms with Crippen LogP contribution in [0.2, 0.25) is 0 Å². The predicted molar refractivity (Wildman–Crippen MR) is 194 cm³/mol. The minimum atomic E-state index is -3.87. The molecule has 8 heteroatoms. The fraction of sp³-hybridized carbons (Fsp3) is 0. The summed E-state index contributed by atoms with van der Waals surface area (Å²) >= 11 is 1.70. The van der Waals surface area contributed by atoms with Gasteiger partial charge in [0.25, 0.3) is 0 Å². The Hall–Kier alpha value is -5.44. The monoisotopic (exact) mass is 702 g/mol. The molecule has 8 rings (SSSR count). The lowest BCUT2D eigenvalue weighted by Gasteiger charge is -2.34. The van der Waals surface area contributed by atoms with Crippen molar-refractivity contribution in [2.75, 3.05) is 0 Å². The van der Waals surface area contributed by atoms with E-state index in [1.54, 1.807) is 35.6 Å². The van der Waals surface area contributed by atoms with Crippen molar-refractivity contribution in [3.8, 4) is 22.3 Å². The minimum absolute atomic E-state index is 0.226. The van der Waals surface area contributed by atoms with Crippen LogP contribution in [-0.4, -0.2) is 8.07 Å². The molecule has 0 spiro atoms. The maximum atomic E-state index is 15.1. The summed E-state index contributed by atoms with van der Waals surface area (Å²) in [7, 11) is -3.87. The van der Waals surface area contributed by atoms with Crippen molar-refractivity contribution in [1.82, 2.24) is 0 Å². The molecular weight excluding hydrogens is 679 g/mol. The number of rotatable bonds is 6. The average molecular weight is 703 g/mol. The van der Waals surface area contributed by atoms with Crippen molar-refractivity contribution in [3.63, 3.8) is 0 Å². The predicted octanol–water partition coefficient (Wildman–Crippen LogP) is 9.60. The van der Waals surface area contributed by atoms with E-state index in [1.165, 1.54) is 46.5 Å². The molecule has 1 aromatic heterocycles. The first-order chi connectivity index (χ1) is 24.2. The van der Waals surface area contributed by atoms with Gasteiger partial charge in [0, 0.05) is 38.4 Å². The van der Waals surface area contributed by atoms with Gasteiger partial charge in [0.2, 0.25) is 0 Å². The van der Waals surface area contributed by atoms with E-state index in [4.69, 9.17) is 0 Å². The van der Waals surface area contributed by atoms with E-state index in [1.807, 2.05) is 42.5 Å². The Balaban J connectivity index is 1.34. The number of hydrogen-bond donors (Lipinski definition) is 0. The first kappa shape index (κ1) is 31.8. The largest absolute Gasteiger partial charge is 0.207 e. The second-order valence-electron chi connectivity index (χ2n) is 12.2. The lowest BCUT2D eigenvalue weighted by molar-refractivity contribution is 0.583. The van der Waals surface area contributed by atoms with Gasteiger partial charge in [-0.15, -0.1) is 11.3 Å². The Morgan fingerprint density at radius 2 is 0.740 bits per heavy atom. The van der Waals surface area contributed by atoms with Crippen LogP contribution < -0.4 is 20.7 Å². The summed E-state index contributed by atoms with van der Waals surface area (Å²) in [6, 6.07) is 38.1. The molecule has 8 aromatic rings. The Bertz CT molecular complexity index is 2450. The molecule has 0 saturated carbocycles. The fourth-order valence-corrected chi connectivity index (χ4v) is 12.9. The maximum absolute atomic E-state index is 15.1. The zero-order valence-electron chi connectivity index (χ0n) is 26.0. The molecule has 0 aliphatic heterocycles. The molecule has 0 aliphatic carbocycles. The Morgan fingerprint density at radius 1 is 0.320 bits per heavy atom. The highest BCUT2D eigenvalue weighted by Gasteiger charge is 2.43. The second kappa shape index (κ2) is 12.5. The summed E-state index contributed by atoms with van der Waals surface area (Å²) in [5.74, 6) is -4.85. The zero-order valence-corrected chi connectivity index (χ0v) is 27.8. The molecule has 0 aliphatic rings. The quantitative estimate of drug-likeness (QED) is 0.0920. The molecule has 0 saturated heterocycles. The van der Waals surface area contributed by atoms with E-state index in [0.717, 1.165) is 39.4 Å². The van der Waals surface area contributed by atoms with Gasteiger partial charge in [-0.05, 0) is 91.5 Å². The molecule has 7 aromatic carbocycles. The van der Waals surface area contributed by atoms with Crippen molar-refractivity contribution < 1.29 is 26.3 Å². The molecule has 0 unspecified atom stereocenters. The van der Waals surface area contributed by atoms with Gasteiger partial charge in [-0.25, -0.2) is 26.3 Å². The van der Waals surface area contributed by atoms with Gasteiger partial charge in [0.15, 0.2) is 8.07 Å². The van der Waals surface area contributed by atoms with Crippen molar-refractivity contribution in [1.29, 1.82) is 0 Å². The summed E-state index contributed by atoms with van der Waals surface area (Å²) < 4.78 is 90.8. The molecule has 0 radical (unpaired) electrons. The molecule has 1 heterocycles. The fourth-order valence-electron chi connectivity index (χ4n) is 6.99. The second-order valence-corrected chi connectivity index (χ2v) is 17.1. The molecule has 0 atom stereocenters. The lowest BCUT2D eigenvalue weighted by Crippen LogP contribution is -2.75. The van der Waals surface area contributed by atoms with E-state index in [0.29, 0.717) is 15.9 Å². The molecule has 50 heavy (non-hydrogen) atoms. The molecule has 244 valence electrons. The van der Waals surface area contributed by atoms with E-state index in [2.05, 4.69) is 24.3 Å². The number of fused-ring (bicyclic) bond motifs is 3. The summed E-state index contributed by atoms with van der Waals surface area (Å²) in [6.07, 6.45) is 0. The molecule has 0 amide bonds. The van der Waals surface area contributed by atoms with Crippen LogP contribution in [0.1, 0.15) is 0 Å². The third-order valence-corrected chi connectivity index (χ3v) is 15.0. The number of halogens is 6. The standard InChI is InChI=1S/C42H24F6SSi/c43-29-15-28(16-30(44)18-29)26-7-12-36(13-8-26)50(37-21-31(45)19-32(46)22-37,38-23-33(47)20-34(48)24-38)35-10-5-25(6-11-35)27-9-14-40-39-3-1-2-4-41(39)49-42(40)17-27/h1-24H. The number of hydrogen-bond acceptors (Lipinski definition) is 1. The van der Waals surface area contributed by atoms with Crippen LogP contribution in [0.25, 0.3) is 42.4 Å². The third-order valence-electron chi connectivity index (χ3n) is 9.13. The SMILES string of the molecule is Fc1cc(F)cc(-c2ccc([Si](c3ccc(-c4ccc5c(c4)sc4ccccc45)cc3)(c3cc(F)cc(F)c3)c3cc(F)cc(F)c3)cc2)c1. The topological polar surface area (TPSA) is 0 Å². The summed E-state index contributed by atoms with van der Waals surface area (Å²) in [4.78, 5) is 0. The van der Waals surface area contributed by atoms with Crippen molar-refractivity contribution >= 4 is 60.3 Å². The molecule has 0 nitrogen and oxygen atoms in total. The summed E-state index contributed by atoms with van der Waals surface area (Å²) in [6.45, 7) is 0. The van der Waals surface area contributed by atoms with Gasteiger partial charge >= 0.3 is 0 Å². The summed E-state index contributed by atoms with van der Waals surface area (Å²) in [5.41, 5.74) is 2.62. The van der Waals surface area contributed by atoms with E-state index in [-0.39, 0.29) is 15.9 Å². The smallest absolute Gasteiger partial charge is 0.180 e. The molecule has 0 bridgehead atoms. The first-order valence-electron chi connectivity index (χ1n) is 15.7.